The molecule has 2 aromatic carbocycles. The number of anilines is 1. The first-order chi connectivity index (χ1) is 13.0. The van der Waals surface area contributed by atoms with Crippen LogP contribution in [0.1, 0.15) is 37.8 Å². The van der Waals surface area contributed by atoms with Gasteiger partial charge in [-0.1, -0.05) is 57.2 Å². The zero-order chi connectivity index (χ0) is 19.2. The van der Waals surface area contributed by atoms with E-state index in [-0.39, 0.29) is 5.91 Å². The lowest BCUT2D eigenvalue weighted by Gasteiger charge is -2.05. The summed E-state index contributed by atoms with van der Waals surface area (Å²) in [6.07, 6.45) is 0.356. The lowest BCUT2D eigenvalue weighted by atomic mass is 10.0. The topological polar surface area (TPSA) is 42.0 Å². The quantitative estimate of drug-likeness (QED) is 0.482. The van der Waals surface area contributed by atoms with E-state index in [0.717, 1.165) is 22.6 Å². The second kappa shape index (κ2) is 9.20. The Hall–Kier alpha value is -2.11. The molecule has 0 unspecified atom stereocenters. The molecule has 0 atom stereocenters. The minimum atomic E-state index is -0.0399. The molecule has 0 saturated carbocycles. The molecule has 0 spiro atoms. The zero-order valence-electron chi connectivity index (χ0n) is 15.9. The van der Waals surface area contributed by atoms with Crippen LogP contribution in [0.5, 0.6) is 0 Å². The molecule has 1 N–H and O–H groups in total. The Morgan fingerprint density at radius 3 is 2.44 bits per heavy atom. The van der Waals surface area contributed by atoms with E-state index in [2.05, 4.69) is 67.5 Å². The fourth-order valence-corrected chi connectivity index (χ4v) is 4.12. The molecule has 27 heavy (non-hydrogen) atoms. The molecule has 0 radical (unpaired) electrons. The van der Waals surface area contributed by atoms with Crippen molar-refractivity contribution in [3.05, 3.63) is 65.0 Å². The number of carbonyl (C=O) groups excluding carboxylic acids is 1. The average Bonchev–Trinajstić information content (AvgIpc) is 3.12. The summed E-state index contributed by atoms with van der Waals surface area (Å²) in [4.78, 5) is 18.1. The van der Waals surface area contributed by atoms with Gasteiger partial charge in [-0.25, -0.2) is 4.98 Å². The van der Waals surface area contributed by atoms with Crippen molar-refractivity contribution < 1.29 is 4.79 Å². The predicted molar refractivity (Wildman–Crippen MR) is 117 cm³/mol. The van der Waals surface area contributed by atoms with E-state index in [1.165, 1.54) is 21.8 Å². The zero-order valence-corrected chi connectivity index (χ0v) is 17.5. The highest BCUT2D eigenvalue weighted by Gasteiger charge is 2.09. The van der Waals surface area contributed by atoms with E-state index in [1.54, 1.807) is 11.8 Å². The van der Waals surface area contributed by atoms with Gasteiger partial charge in [0.1, 0.15) is 0 Å². The maximum absolute atomic E-state index is 12.3. The van der Waals surface area contributed by atoms with Crippen molar-refractivity contribution in [2.45, 2.75) is 38.0 Å². The van der Waals surface area contributed by atoms with Crippen LogP contribution in [0.3, 0.4) is 0 Å². The fraction of sp³-hybridized carbons (Fsp3) is 0.273. The number of amides is 1. The minimum absolute atomic E-state index is 0.0399. The SMILES string of the molecule is CCSc1ccc(CC(=O)Nc2nc(-c3ccc(C(C)C)cc3)cs2)cc1. The molecule has 1 aromatic heterocycles. The minimum Gasteiger partial charge on any atom is -0.302 e. The highest BCUT2D eigenvalue weighted by molar-refractivity contribution is 7.99. The number of rotatable bonds is 7. The first kappa shape index (κ1) is 19.6. The highest BCUT2D eigenvalue weighted by Crippen LogP contribution is 2.26. The second-order valence-electron chi connectivity index (χ2n) is 6.62. The number of thioether (sulfide) groups is 1. The van der Waals surface area contributed by atoms with Gasteiger partial charge in [-0.05, 0) is 34.9 Å². The summed E-state index contributed by atoms with van der Waals surface area (Å²) in [6.45, 7) is 6.50. The Balaban J connectivity index is 1.60. The number of carbonyl (C=O) groups is 1. The number of nitrogens with zero attached hydrogens (tertiary/aromatic N) is 1. The predicted octanol–water partition coefficient (Wildman–Crippen LogP) is 6.23. The van der Waals surface area contributed by atoms with Gasteiger partial charge in [0.15, 0.2) is 5.13 Å². The third kappa shape index (κ3) is 5.44. The van der Waals surface area contributed by atoms with Crippen LogP contribution in [0.15, 0.2) is 58.8 Å². The van der Waals surface area contributed by atoms with Gasteiger partial charge in [0.05, 0.1) is 12.1 Å². The first-order valence-corrected chi connectivity index (χ1v) is 11.0. The van der Waals surface area contributed by atoms with Crippen molar-refractivity contribution in [3.63, 3.8) is 0 Å². The van der Waals surface area contributed by atoms with E-state index in [1.807, 2.05) is 17.5 Å². The van der Waals surface area contributed by atoms with Crippen LogP contribution in [0.4, 0.5) is 5.13 Å². The molecule has 3 nitrogen and oxygen atoms in total. The van der Waals surface area contributed by atoms with E-state index < -0.39 is 0 Å². The van der Waals surface area contributed by atoms with Gasteiger partial charge in [-0.2, -0.15) is 0 Å². The molecule has 140 valence electrons. The summed E-state index contributed by atoms with van der Waals surface area (Å²) in [5.41, 5.74) is 4.28. The van der Waals surface area contributed by atoms with Crippen molar-refractivity contribution in [3.8, 4) is 11.3 Å². The largest absolute Gasteiger partial charge is 0.302 e. The number of hydrogen-bond acceptors (Lipinski definition) is 4. The maximum atomic E-state index is 12.3. The van der Waals surface area contributed by atoms with Gasteiger partial charge < -0.3 is 5.32 Å². The number of benzene rings is 2. The maximum Gasteiger partial charge on any atom is 0.230 e. The van der Waals surface area contributed by atoms with Gasteiger partial charge in [0.2, 0.25) is 5.91 Å². The van der Waals surface area contributed by atoms with Crippen LogP contribution in [-0.4, -0.2) is 16.6 Å². The molecule has 0 fully saturated rings. The number of hydrogen-bond donors (Lipinski definition) is 1. The van der Waals surface area contributed by atoms with Crippen molar-refractivity contribution in [1.82, 2.24) is 4.98 Å². The Morgan fingerprint density at radius 2 is 1.81 bits per heavy atom. The Morgan fingerprint density at radius 1 is 1.11 bits per heavy atom. The van der Waals surface area contributed by atoms with Crippen LogP contribution in [-0.2, 0) is 11.2 Å². The molecule has 0 bridgehead atoms. The number of nitrogens with one attached hydrogen (secondary N) is 1. The first-order valence-electron chi connectivity index (χ1n) is 9.12. The van der Waals surface area contributed by atoms with Gasteiger partial charge in [-0.3, -0.25) is 4.79 Å². The third-order valence-corrected chi connectivity index (χ3v) is 5.87. The molecular formula is C22H24N2OS2. The molecule has 0 aliphatic heterocycles. The number of aromatic nitrogens is 1. The van der Waals surface area contributed by atoms with Gasteiger partial charge in [-0.15, -0.1) is 23.1 Å². The third-order valence-electron chi connectivity index (χ3n) is 4.22. The van der Waals surface area contributed by atoms with Gasteiger partial charge >= 0.3 is 0 Å². The smallest absolute Gasteiger partial charge is 0.230 e. The Bertz CT molecular complexity index is 883. The standard InChI is InChI=1S/C22H24N2OS2/c1-4-26-19-11-5-16(6-12-19)13-21(25)24-22-23-20(14-27-22)18-9-7-17(8-10-18)15(2)3/h5-12,14-15H,4,13H2,1-3H3,(H,23,24,25). The van der Waals surface area contributed by atoms with Crippen molar-refractivity contribution in [2.24, 2.45) is 0 Å². The van der Waals surface area contributed by atoms with Crippen LogP contribution >= 0.6 is 23.1 Å². The summed E-state index contributed by atoms with van der Waals surface area (Å²) < 4.78 is 0. The molecule has 1 amide bonds. The Kier molecular flexibility index (Phi) is 6.69. The molecule has 3 aromatic rings. The van der Waals surface area contributed by atoms with Crippen LogP contribution < -0.4 is 5.32 Å². The summed E-state index contributed by atoms with van der Waals surface area (Å²) in [5, 5.41) is 5.54. The van der Waals surface area contributed by atoms with Crippen LogP contribution in [0.2, 0.25) is 0 Å². The summed E-state index contributed by atoms with van der Waals surface area (Å²) in [7, 11) is 0. The van der Waals surface area contributed by atoms with Crippen molar-refractivity contribution in [2.75, 3.05) is 11.1 Å². The number of thiazole rings is 1. The molecule has 1 heterocycles. The Labute approximate surface area is 169 Å². The average molecular weight is 397 g/mol. The molecule has 5 heteroatoms. The molecule has 0 saturated heterocycles. The lowest BCUT2D eigenvalue weighted by Crippen LogP contribution is -2.14. The van der Waals surface area contributed by atoms with Crippen LogP contribution in [0.25, 0.3) is 11.3 Å². The summed E-state index contributed by atoms with van der Waals surface area (Å²) in [5.74, 6) is 1.52. The monoisotopic (exact) mass is 396 g/mol. The fourth-order valence-electron chi connectivity index (χ4n) is 2.72. The normalized spacial score (nSPS) is 11.0. The van der Waals surface area contributed by atoms with Crippen LogP contribution in [0, 0.1) is 0 Å². The summed E-state index contributed by atoms with van der Waals surface area (Å²) in [6, 6.07) is 16.6. The van der Waals surface area contributed by atoms with Gasteiger partial charge in [0.25, 0.3) is 0 Å². The molecular weight excluding hydrogens is 372 g/mol. The van der Waals surface area contributed by atoms with E-state index in [4.69, 9.17) is 0 Å². The van der Waals surface area contributed by atoms with E-state index in [0.29, 0.717) is 17.5 Å². The lowest BCUT2D eigenvalue weighted by molar-refractivity contribution is -0.115. The van der Waals surface area contributed by atoms with Gasteiger partial charge in [0, 0.05) is 15.8 Å². The van der Waals surface area contributed by atoms with Crippen molar-refractivity contribution >= 4 is 34.1 Å². The highest BCUT2D eigenvalue weighted by atomic mass is 32.2. The molecule has 0 aliphatic carbocycles. The van der Waals surface area contributed by atoms with E-state index >= 15 is 0 Å². The molecule has 3 rings (SSSR count). The van der Waals surface area contributed by atoms with Crippen molar-refractivity contribution in [1.29, 1.82) is 0 Å². The molecule has 0 aliphatic rings. The second-order valence-corrected chi connectivity index (χ2v) is 8.81. The van der Waals surface area contributed by atoms with E-state index in [9.17, 15) is 4.79 Å². The summed E-state index contributed by atoms with van der Waals surface area (Å²) >= 11 is 3.26.